The number of rotatable bonds is 7. The summed E-state index contributed by atoms with van der Waals surface area (Å²) >= 11 is 1.55. The van der Waals surface area contributed by atoms with E-state index in [4.69, 9.17) is 14.6 Å². The molecule has 164 valence electrons. The lowest BCUT2D eigenvalue weighted by Crippen LogP contribution is -2.12. The molecule has 0 fully saturated rings. The zero-order valence-electron chi connectivity index (χ0n) is 18.3. The van der Waals surface area contributed by atoms with E-state index in [0.29, 0.717) is 18.9 Å². The number of ether oxygens (including phenoxy) is 2. The smallest absolute Gasteiger partial charge is 0.206 e. The molecule has 0 atom stereocenters. The van der Waals surface area contributed by atoms with Gasteiger partial charge in [0.05, 0.1) is 25.6 Å². The minimum Gasteiger partial charge on any atom is -0.504 e. The Kier molecular flexibility index (Phi) is 6.56. The topological polar surface area (TPSA) is 68.3 Å². The van der Waals surface area contributed by atoms with Crippen LogP contribution in [0.25, 0.3) is 22.0 Å². The monoisotopic (exact) mass is 447 g/mol. The third-order valence-electron chi connectivity index (χ3n) is 4.93. The first kappa shape index (κ1) is 21.6. The van der Waals surface area contributed by atoms with Crippen LogP contribution < -0.4 is 14.3 Å². The Morgan fingerprint density at radius 3 is 2.62 bits per heavy atom. The van der Waals surface area contributed by atoms with Crippen molar-refractivity contribution in [2.24, 2.45) is 10.1 Å². The van der Waals surface area contributed by atoms with Gasteiger partial charge in [-0.25, -0.2) is 4.68 Å². The fraction of sp³-hybridized carbons (Fsp3) is 0.200. The zero-order chi connectivity index (χ0) is 22.5. The summed E-state index contributed by atoms with van der Waals surface area (Å²) in [6, 6.07) is 17.5. The van der Waals surface area contributed by atoms with Crippen LogP contribution in [-0.4, -0.2) is 36.3 Å². The van der Waals surface area contributed by atoms with Gasteiger partial charge in [0, 0.05) is 17.5 Å². The number of aromatic nitrogens is 1. The molecule has 32 heavy (non-hydrogen) atoms. The van der Waals surface area contributed by atoms with Crippen molar-refractivity contribution in [1.82, 2.24) is 4.68 Å². The van der Waals surface area contributed by atoms with Crippen molar-refractivity contribution in [3.8, 4) is 28.5 Å². The highest BCUT2D eigenvalue weighted by Crippen LogP contribution is 2.28. The molecular formula is C25H25N3O3S. The van der Waals surface area contributed by atoms with Crippen molar-refractivity contribution >= 4 is 28.3 Å². The Morgan fingerprint density at radius 2 is 1.84 bits per heavy atom. The molecule has 7 heteroatoms. The lowest BCUT2D eigenvalue weighted by atomic mass is 10.1. The minimum atomic E-state index is 0.113. The van der Waals surface area contributed by atoms with Gasteiger partial charge < -0.3 is 14.6 Å². The first-order valence-electron chi connectivity index (χ1n) is 10.4. The Balaban J connectivity index is 1.76. The van der Waals surface area contributed by atoms with Gasteiger partial charge in [-0.05, 0) is 66.6 Å². The van der Waals surface area contributed by atoms with Crippen LogP contribution in [0.2, 0.25) is 0 Å². The number of phenols is 1. The van der Waals surface area contributed by atoms with Crippen LogP contribution in [-0.2, 0) is 0 Å². The van der Waals surface area contributed by atoms with Crippen LogP contribution in [0.15, 0.2) is 70.1 Å². The van der Waals surface area contributed by atoms with Gasteiger partial charge in [0.25, 0.3) is 0 Å². The number of aromatic hydroxyl groups is 1. The molecule has 0 aliphatic rings. The number of phenolic OH excluding ortho intramolecular Hbond substituents is 1. The molecule has 0 radical (unpaired) electrons. The number of nitrogens with zero attached hydrogens (tertiary/aromatic N) is 3. The van der Waals surface area contributed by atoms with Crippen LogP contribution in [0.5, 0.6) is 17.2 Å². The van der Waals surface area contributed by atoms with Crippen molar-refractivity contribution in [3.63, 3.8) is 0 Å². The van der Waals surface area contributed by atoms with E-state index in [1.807, 2.05) is 30.7 Å². The number of hydrogen-bond acceptors (Lipinski definition) is 6. The van der Waals surface area contributed by atoms with Crippen LogP contribution in [0.3, 0.4) is 0 Å². The van der Waals surface area contributed by atoms with E-state index in [0.717, 1.165) is 38.1 Å². The Labute approximate surface area is 190 Å². The lowest BCUT2D eigenvalue weighted by molar-refractivity contribution is 0.318. The molecule has 6 nitrogen and oxygen atoms in total. The maximum Gasteiger partial charge on any atom is 0.206 e. The molecule has 0 amide bonds. The summed E-state index contributed by atoms with van der Waals surface area (Å²) < 4.78 is 12.7. The highest BCUT2D eigenvalue weighted by Gasteiger charge is 2.09. The first-order valence-corrected chi connectivity index (χ1v) is 11.3. The number of thiazole rings is 1. The van der Waals surface area contributed by atoms with E-state index in [-0.39, 0.29) is 5.75 Å². The van der Waals surface area contributed by atoms with E-state index in [1.165, 1.54) is 0 Å². The molecule has 0 aliphatic heterocycles. The summed E-state index contributed by atoms with van der Waals surface area (Å²) in [6.45, 7) is 5.03. The summed E-state index contributed by atoms with van der Waals surface area (Å²) in [5.74, 6) is 1.39. The van der Waals surface area contributed by atoms with Crippen LogP contribution in [0.1, 0.15) is 19.4 Å². The van der Waals surface area contributed by atoms with Gasteiger partial charge in [-0.15, -0.1) is 11.3 Å². The quantitative estimate of drug-likeness (QED) is 0.392. The highest BCUT2D eigenvalue weighted by molar-refractivity contribution is 7.07. The SMILES string of the molecule is CCN=c1scc(-c2ccc3cc(OC)ccc3c2)n1N=Cc1ccc(O)c(OCC)c1. The average Bonchev–Trinajstić information content (AvgIpc) is 3.21. The van der Waals surface area contributed by atoms with Crippen molar-refractivity contribution in [3.05, 3.63) is 70.3 Å². The molecule has 4 aromatic rings. The molecule has 0 saturated carbocycles. The minimum absolute atomic E-state index is 0.113. The number of fused-ring (bicyclic) bond motifs is 1. The predicted octanol–water partition coefficient (Wildman–Crippen LogP) is 5.29. The van der Waals surface area contributed by atoms with Gasteiger partial charge in [0.15, 0.2) is 11.5 Å². The Hall–Kier alpha value is -3.58. The van der Waals surface area contributed by atoms with Gasteiger partial charge in [-0.3, -0.25) is 4.99 Å². The van der Waals surface area contributed by atoms with E-state index in [1.54, 1.807) is 42.9 Å². The summed E-state index contributed by atoms with van der Waals surface area (Å²) in [7, 11) is 1.67. The summed E-state index contributed by atoms with van der Waals surface area (Å²) in [4.78, 5) is 5.41. The molecule has 0 saturated heterocycles. The third-order valence-corrected chi connectivity index (χ3v) is 5.78. The van der Waals surface area contributed by atoms with Gasteiger partial charge in [0.2, 0.25) is 4.80 Å². The van der Waals surface area contributed by atoms with E-state index in [9.17, 15) is 5.11 Å². The van der Waals surface area contributed by atoms with E-state index in [2.05, 4.69) is 34.6 Å². The van der Waals surface area contributed by atoms with Gasteiger partial charge in [-0.2, -0.15) is 5.10 Å². The lowest BCUT2D eigenvalue weighted by Gasteiger charge is -2.08. The van der Waals surface area contributed by atoms with Gasteiger partial charge >= 0.3 is 0 Å². The molecule has 1 N–H and O–H groups in total. The number of hydrogen-bond donors (Lipinski definition) is 1. The summed E-state index contributed by atoms with van der Waals surface area (Å²) in [6.07, 6.45) is 1.75. The van der Waals surface area contributed by atoms with Crippen molar-refractivity contribution in [2.45, 2.75) is 13.8 Å². The molecule has 3 aromatic carbocycles. The summed E-state index contributed by atoms with van der Waals surface area (Å²) in [5.41, 5.74) is 2.83. The molecule has 1 aromatic heterocycles. The zero-order valence-corrected chi connectivity index (χ0v) is 19.1. The maximum absolute atomic E-state index is 9.95. The van der Waals surface area contributed by atoms with Gasteiger partial charge in [0.1, 0.15) is 5.75 Å². The first-order chi connectivity index (χ1) is 15.6. The second-order valence-corrected chi connectivity index (χ2v) is 7.86. The molecular weight excluding hydrogens is 422 g/mol. The normalized spacial score (nSPS) is 12.0. The standard InChI is InChI=1S/C25H25N3O3S/c1-4-26-25-28(27-15-17-6-11-23(29)24(12-17)31-5-2)22(16-32-25)20-8-7-19-14-21(30-3)10-9-18(19)13-20/h6-16,29H,4-5H2,1-3H3. The Morgan fingerprint density at radius 1 is 1.03 bits per heavy atom. The molecule has 0 aliphatic carbocycles. The number of benzene rings is 3. The average molecular weight is 448 g/mol. The predicted molar refractivity (Wildman–Crippen MR) is 130 cm³/mol. The van der Waals surface area contributed by atoms with Gasteiger partial charge in [-0.1, -0.05) is 18.2 Å². The molecule has 0 spiro atoms. The van der Waals surface area contributed by atoms with Crippen molar-refractivity contribution in [2.75, 3.05) is 20.3 Å². The van der Waals surface area contributed by atoms with Crippen molar-refractivity contribution in [1.29, 1.82) is 0 Å². The van der Waals surface area contributed by atoms with Crippen LogP contribution in [0.4, 0.5) is 0 Å². The number of methoxy groups -OCH3 is 1. The molecule has 0 bridgehead atoms. The second kappa shape index (κ2) is 9.70. The maximum atomic E-state index is 9.95. The second-order valence-electron chi connectivity index (χ2n) is 7.02. The third kappa shape index (κ3) is 4.53. The van der Waals surface area contributed by atoms with E-state index >= 15 is 0 Å². The van der Waals surface area contributed by atoms with Crippen LogP contribution in [0, 0.1) is 0 Å². The molecule has 0 unspecified atom stereocenters. The largest absolute Gasteiger partial charge is 0.504 e. The molecule has 1 heterocycles. The van der Waals surface area contributed by atoms with E-state index < -0.39 is 0 Å². The fourth-order valence-electron chi connectivity index (χ4n) is 3.37. The highest BCUT2D eigenvalue weighted by atomic mass is 32.1. The van der Waals surface area contributed by atoms with Crippen LogP contribution >= 0.6 is 11.3 Å². The summed E-state index contributed by atoms with van der Waals surface area (Å²) in [5, 5.41) is 19.0. The fourth-order valence-corrected chi connectivity index (χ4v) is 4.27. The molecule has 4 rings (SSSR count). The Bertz CT molecular complexity index is 1340. The van der Waals surface area contributed by atoms with Crippen molar-refractivity contribution < 1.29 is 14.6 Å².